The molecule has 0 saturated carbocycles. The zero-order chi connectivity index (χ0) is 9.00. The third-order valence-corrected chi connectivity index (χ3v) is 0. The number of hydrogen-bond donors (Lipinski definition) is 0. The van der Waals surface area contributed by atoms with E-state index in [0.29, 0.717) is 0 Å². The van der Waals surface area contributed by atoms with Gasteiger partial charge in [0.2, 0.25) is 0 Å². The molecule has 14 heteroatoms. The first-order valence-electron chi connectivity index (χ1n) is 1.46. The van der Waals surface area contributed by atoms with Crippen molar-refractivity contribution in [1.29, 1.82) is 0 Å². The fourth-order valence-electron chi connectivity index (χ4n) is 0. The summed E-state index contributed by atoms with van der Waals surface area (Å²) in [5.41, 5.74) is 0. The van der Waals surface area contributed by atoms with Crippen LogP contribution < -0.4 is 58.9 Å². The van der Waals surface area contributed by atoms with Crippen LogP contribution in [0, 0.1) is 0 Å². The van der Waals surface area contributed by atoms with E-state index in [0.717, 1.165) is 0 Å². The molecule has 0 atom stereocenters. The van der Waals surface area contributed by atoms with Crippen molar-refractivity contribution in [1.82, 2.24) is 0 Å². The van der Waals surface area contributed by atoms with Crippen LogP contribution in [0.4, 0.5) is 0 Å². The van der Waals surface area contributed by atoms with Gasteiger partial charge >= 0.3 is 80.8 Å². The van der Waals surface area contributed by atoms with Crippen molar-refractivity contribution >= 4 is 15.6 Å². The second kappa shape index (κ2) is 15.8. The molecule has 0 aliphatic rings. The number of rotatable bonds is 0. The van der Waals surface area contributed by atoms with Crippen LogP contribution in [0.3, 0.4) is 0 Å². The van der Waals surface area contributed by atoms with Gasteiger partial charge in [-0.2, -0.15) is 15.6 Å². The van der Waals surface area contributed by atoms with E-state index < -0.39 is 15.6 Å². The molecule has 0 aromatic rings. The normalized spacial score (nSPS) is 8.43. The van der Waals surface area contributed by atoms with E-state index in [-0.39, 0.29) is 80.8 Å². The summed E-state index contributed by atoms with van der Waals surface area (Å²) in [4.78, 5) is 51.3. The van der Waals surface area contributed by atoms with Crippen LogP contribution in [0.2, 0.25) is 0 Å². The van der Waals surface area contributed by atoms with Crippen LogP contribution in [0.1, 0.15) is 0 Å². The summed E-state index contributed by atoms with van der Waals surface area (Å²) in [7, 11) is -10.8. The molecule has 0 aromatic heterocycles. The van der Waals surface area contributed by atoms with Crippen molar-refractivity contribution in [3.05, 3.63) is 0 Å². The summed E-state index contributed by atoms with van der Waals surface area (Å²) < 4.78 is 17.1. The van der Waals surface area contributed by atoms with Crippen molar-refractivity contribution in [2.24, 2.45) is 0 Å². The molecule has 0 aliphatic heterocycles. The Labute approximate surface area is 133 Å². The SMILES string of the molecule is O=P([O-])([O-])[O-].O=P([O-])([O-])[O-].[Fe+2].[Fe+2].[Mn+2].[Na+]. The van der Waals surface area contributed by atoms with Gasteiger partial charge in [-0.25, -0.2) is 0 Å². The van der Waals surface area contributed by atoms with Gasteiger partial charge in [0.15, 0.2) is 0 Å². The van der Waals surface area contributed by atoms with Gasteiger partial charge in [0.1, 0.15) is 0 Å². The van der Waals surface area contributed by atoms with E-state index in [9.17, 15) is 0 Å². The summed E-state index contributed by atoms with van der Waals surface area (Å²) in [6, 6.07) is 0. The standard InChI is InChI=1S/2Fe.Mn.Na.2H3O4P/c;;;;2*1-5(2,3)4/h;;;;2*(H3,1,2,3,4)/q3*+2;+1;;/p-6. The summed E-state index contributed by atoms with van der Waals surface area (Å²) in [5, 5.41) is 0. The van der Waals surface area contributed by atoms with Crippen molar-refractivity contribution in [3.63, 3.8) is 0 Å². The Bertz CT molecular complexity index is 138. The summed E-state index contributed by atoms with van der Waals surface area (Å²) in [6.45, 7) is 0. The Morgan fingerprint density at radius 2 is 0.643 bits per heavy atom. The third-order valence-electron chi connectivity index (χ3n) is 0. The molecule has 81 valence electrons. The average molecular weight is 380 g/mol. The van der Waals surface area contributed by atoms with Crippen LogP contribution in [-0.4, -0.2) is 0 Å². The summed E-state index contributed by atoms with van der Waals surface area (Å²) in [6.07, 6.45) is 0. The van der Waals surface area contributed by atoms with Gasteiger partial charge in [-0.1, -0.05) is 0 Å². The molecule has 0 heterocycles. The minimum absolute atomic E-state index is 0. The molecule has 0 saturated heterocycles. The average Bonchev–Trinajstić information content (AvgIpc) is 1.12. The zero-order valence-corrected chi connectivity index (χ0v) is 13.4. The molecule has 0 fully saturated rings. The largest absolute Gasteiger partial charge is 2.00 e. The van der Waals surface area contributed by atoms with Crippen LogP contribution in [0.15, 0.2) is 0 Å². The zero-order valence-electron chi connectivity index (χ0n) is 6.25. The predicted octanol–water partition coefficient (Wildman–Crippen LogP) is -8.65. The Balaban J connectivity index is -0.0000000178. The van der Waals surface area contributed by atoms with Gasteiger partial charge < -0.3 is 38.5 Å². The minimum Gasteiger partial charge on any atom is -0.822 e. The maximum Gasteiger partial charge on any atom is 2.00 e. The smallest absolute Gasteiger partial charge is 0.822 e. The Morgan fingerprint density at radius 1 is 0.643 bits per heavy atom. The quantitative estimate of drug-likeness (QED) is 0.294. The molecule has 0 unspecified atom stereocenters. The molecular formula is Fe2MnNaO8P2+. The topological polar surface area (TPSA) is 172 Å². The molecule has 0 N–H and O–H groups in total. The van der Waals surface area contributed by atoms with Crippen molar-refractivity contribution in [2.75, 3.05) is 0 Å². The maximum absolute atomic E-state index is 8.55. The molecule has 0 aliphatic carbocycles. The fraction of sp³-hybridized carbons (Fsp3) is 0. The molecule has 14 heavy (non-hydrogen) atoms. The number of hydrogen-bond acceptors (Lipinski definition) is 8. The molecule has 0 bridgehead atoms. The first kappa shape index (κ1) is 36.0. The maximum atomic E-state index is 8.55. The van der Waals surface area contributed by atoms with Crippen molar-refractivity contribution in [2.45, 2.75) is 0 Å². The Hall–Kier alpha value is 2.78. The predicted molar refractivity (Wildman–Crippen MR) is 15.2 cm³/mol. The van der Waals surface area contributed by atoms with Crippen LogP contribution >= 0.6 is 15.6 Å². The fourth-order valence-corrected chi connectivity index (χ4v) is 0. The van der Waals surface area contributed by atoms with Crippen LogP contribution in [-0.2, 0) is 60.3 Å². The van der Waals surface area contributed by atoms with Crippen molar-refractivity contribution < 1.29 is 119 Å². The molecule has 0 aromatic carbocycles. The summed E-state index contributed by atoms with van der Waals surface area (Å²) >= 11 is 0. The molecule has 8 nitrogen and oxygen atoms in total. The second-order valence-electron chi connectivity index (χ2n) is 0.894. The molecule has 0 rings (SSSR count). The third kappa shape index (κ3) is 363. The van der Waals surface area contributed by atoms with E-state index in [1.807, 2.05) is 0 Å². The van der Waals surface area contributed by atoms with E-state index in [1.54, 1.807) is 0 Å². The van der Waals surface area contributed by atoms with Gasteiger partial charge in [-0.05, 0) is 0 Å². The van der Waals surface area contributed by atoms with Gasteiger partial charge in [-0.15, -0.1) is 0 Å². The van der Waals surface area contributed by atoms with Gasteiger partial charge in [-0.3, -0.25) is 0 Å². The first-order valence-corrected chi connectivity index (χ1v) is 4.38. The molecule has 1 radical (unpaired) electrons. The second-order valence-corrected chi connectivity index (χ2v) is 2.68. The Kier molecular flexibility index (Phi) is 40.5. The van der Waals surface area contributed by atoms with E-state index in [4.69, 9.17) is 38.5 Å². The van der Waals surface area contributed by atoms with Gasteiger partial charge in [0.25, 0.3) is 0 Å². The van der Waals surface area contributed by atoms with E-state index >= 15 is 0 Å². The molecular weight excluding hydrogens is 380 g/mol. The van der Waals surface area contributed by atoms with Crippen LogP contribution in [0.25, 0.3) is 0 Å². The Morgan fingerprint density at radius 3 is 0.643 bits per heavy atom. The summed E-state index contributed by atoms with van der Waals surface area (Å²) in [5.74, 6) is 0. The van der Waals surface area contributed by atoms with Gasteiger partial charge in [0, 0.05) is 0 Å². The molecule has 0 spiro atoms. The van der Waals surface area contributed by atoms with Crippen LogP contribution in [0.5, 0.6) is 0 Å². The van der Waals surface area contributed by atoms with E-state index in [2.05, 4.69) is 0 Å². The molecule has 0 amide bonds. The number of phosphoric acid groups is 2. The first-order chi connectivity index (χ1) is 4.00. The monoisotopic (exact) mass is 380 g/mol. The van der Waals surface area contributed by atoms with Crippen molar-refractivity contribution in [3.8, 4) is 0 Å². The van der Waals surface area contributed by atoms with Gasteiger partial charge in [0.05, 0.1) is 0 Å². The minimum atomic E-state index is -5.39. The van der Waals surface area contributed by atoms with E-state index in [1.165, 1.54) is 0 Å².